The fourth-order valence-electron chi connectivity index (χ4n) is 3.11. The molecule has 0 saturated carbocycles. The number of nitro benzene ring substituents is 1. The van der Waals surface area contributed by atoms with E-state index in [1.165, 1.54) is 38.4 Å². The van der Waals surface area contributed by atoms with E-state index >= 15 is 0 Å². The van der Waals surface area contributed by atoms with Crippen LogP contribution in [-0.2, 0) is 21.2 Å². The molecular weight excluding hydrogens is 398 g/mol. The van der Waals surface area contributed by atoms with Crippen molar-refractivity contribution in [2.24, 2.45) is 0 Å². The van der Waals surface area contributed by atoms with Crippen molar-refractivity contribution >= 4 is 27.3 Å². The van der Waals surface area contributed by atoms with Gasteiger partial charge in [-0.15, -0.1) is 0 Å². The van der Waals surface area contributed by atoms with E-state index in [2.05, 4.69) is 0 Å². The van der Waals surface area contributed by atoms with Crippen LogP contribution < -0.4 is 9.64 Å². The molecule has 154 valence electrons. The average Bonchev–Trinajstić information content (AvgIpc) is 2.71. The summed E-state index contributed by atoms with van der Waals surface area (Å²) >= 11 is 0. The summed E-state index contributed by atoms with van der Waals surface area (Å²) in [5.41, 5.74) is 1.32. The average molecular weight is 419 g/mol. The van der Waals surface area contributed by atoms with Crippen molar-refractivity contribution in [3.63, 3.8) is 0 Å². The number of hydrogen-bond donors (Lipinski definition) is 0. The topological polar surface area (TPSA) is 110 Å². The second-order valence-corrected chi connectivity index (χ2v) is 8.92. The maximum absolute atomic E-state index is 12.7. The van der Waals surface area contributed by atoms with E-state index < -0.39 is 14.9 Å². The van der Waals surface area contributed by atoms with E-state index in [0.717, 1.165) is 9.87 Å². The Morgan fingerprint density at radius 1 is 1.24 bits per heavy atom. The zero-order valence-electron chi connectivity index (χ0n) is 16.1. The minimum Gasteiger partial charge on any atom is -0.483 e. The number of ether oxygens (including phenoxy) is 1. The minimum absolute atomic E-state index is 0.118. The third-order valence-electron chi connectivity index (χ3n) is 4.64. The summed E-state index contributed by atoms with van der Waals surface area (Å²) in [5.74, 6) is -0.0714. The van der Waals surface area contributed by atoms with Crippen molar-refractivity contribution in [2.45, 2.75) is 17.7 Å². The fraction of sp³-hybridized carbons (Fsp3) is 0.316. The summed E-state index contributed by atoms with van der Waals surface area (Å²) in [4.78, 5) is 24.7. The maximum atomic E-state index is 12.7. The predicted octanol–water partition coefficient (Wildman–Crippen LogP) is 2.20. The van der Waals surface area contributed by atoms with Gasteiger partial charge in [0, 0.05) is 32.4 Å². The lowest BCUT2D eigenvalue weighted by atomic mass is 10.0. The Hall–Kier alpha value is -2.98. The number of aryl methyl sites for hydroxylation is 1. The van der Waals surface area contributed by atoms with E-state index in [9.17, 15) is 23.3 Å². The lowest BCUT2D eigenvalue weighted by Gasteiger charge is -2.30. The van der Waals surface area contributed by atoms with Gasteiger partial charge in [-0.3, -0.25) is 14.9 Å². The van der Waals surface area contributed by atoms with Gasteiger partial charge in [-0.25, -0.2) is 12.7 Å². The number of nitrogens with zero attached hydrogens (tertiary/aromatic N) is 3. The van der Waals surface area contributed by atoms with Gasteiger partial charge in [-0.2, -0.15) is 0 Å². The minimum atomic E-state index is -3.56. The van der Waals surface area contributed by atoms with E-state index in [-0.39, 0.29) is 28.8 Å². The third kappa shape index (κ3) is 4.38. The van der Waals surface area contributed by atoms with Gasteiger partial charge in [0.1, 0.15) is 5.75 Å². The summed E-state index contributed by atoms with van der Waals surface area (Å²) in [6, 6.07) is 10.4. The fourth-order valence-corrected chi connectivity index (χ4v) is 4.07. The molecule has 0 bridgehead atoms. The Kier molecular flexibility index (Phi) is 5.85. The Bertz CT molecular complexity index is 1050. The van der Waals surface area contributed by atoms with Gasteiger partial charge in [0.25, 0.3) is 11.6 Å². The van der Waals surface area contributed by atoms with Crippen molar-refractivity contribution in [3.8, 4) is 5.75 Å². The Morgan fingerprint density at radius 3 is 2.69 bits per heavy atom. The summed E-state index contributed by atoms with van der Waals surface area (Å²) in [5, 5.41) is 10.8. The second kappa shape index (κ2) is 8.18. The molecule has 0 atom stereocenters. The monoisotopic (exact) mass is 419 g/mol. The van der Waals surface area contributed by atoms with Crippen LogP contribution >= 0.6 is 0 Å². The molecule has 2 aromatic rings. The molecule has 0 fully saturated rings. The molecule has 9 nitrogen and oxygen atoms in total. The highest BCUT2D eigenvalue weighted by molar-refractivity contribution is 7.89. The quantitative estimate of drug-likeness (QED) is 0.524. The first-order valence-corrected chi connectivity index (χ1v) is 10.4. The van der Waals surface area contributed by atoms with Gasteiger partial charge in [0.15, 0.2) is 6.61 Å². The zero-order valence-corrected chi connectivity index (χ0v) is 16.9. The zero-order chi connectivity index (χ0) is 21.2. The second-order valence-electron chi connectivity index (χ2n) is 6.77. The number of amides is 1. The number of nitro groups is 1. The standard InChI is InChI=1S/C19H21N3O6S/c1-20(2)29(26,27)17-8-9-18-14(11-17)5-4-10-21(18)19(23)13-28-16-7-3-6-15(12-16)22(24)25/h3,6-9,11-12H,4-5,10,13H2,1-2H3. The van der Waals surface area contributed by atoms with E-state index in [1.807, 2.05) is 0 Å². The number of benzene rings is 2. The molecule has 1 amide bonds. The van der Waals surface area contributed by atoms with Crippen LogP contribution in [0.4, 0.5) is 11.4 Å². The van der Waals surface area contributed by atoms with Crippen molar-refractivity contribution in [1.29, 1.82) is 0 Å². The van der Waals surface area contributed by atoms with E-state index in [1.54, 1.807) is 23.1 Å². The molecule has 0 N–H and O–H groups in total. The van der Waals surface area contributed by atoms with Crippen LogP contribution in [0.15, 0.2) is 47.4 Å². The number of carbonyl (C=O) groups is 1. The highest BCUT2D eigenvalue weighted by Gasteiger charge is 2.26. The molecule has 10 heteroatoms. The summed E-state index contributed by atoms with van der Waals surface area (Å²) < 4.78 is 31.3. The van der Waals surface area contributed by atoms with Gasteiger partial charge in [0.05, 0.1) is 15.9 Å². The first kappa shape index (κ1) is 20.7. The molecule has 1 aliphatic rings. The molecule has 29 heavy (non-hydrogen) atoms. The van der Waals surface area contributed by atoms with Crippen molar-refractivity contribution in [3.05, 3.63) is 58.1 Å². The van der Waals surface area contributed by atoms with Crippen LogP contribution in [0.3, 0.4) is 0 Å². The maximum Gasteiger partial charge on any atom is 0.273 e. The molecule has 2 aromatic carbocycles. The number of anilines is 1. The van der Waals surface area contributed by atoms with Gasteiger partial charge >= 0.3 is 0 Å². The molecule has 1 heterocycles. The molecular formula is C19H21N3O6S. The molecule has 0 aromatic heterocycles. The van der Waals surface area contributed by atoms with Crippen molar-refractivity contribution in [1.82, 2.24) is 4.31 Å². The molecule has 1 aliphatic heterocycles. The molecule has 0 unspecified atom stereocenters. The van der Waals surface area contributed by atoms with Crippen LogP contribution in [0, 0.1) is 10.1 Å². The summed E-state index contributed by atoms with van der Waals surface area (Å²) in [7, 11) is -0.619. The molecule has 0 aliphatic carbocycles. The highest BCUT2D eigenvalue weighted by Crippen LogP contribution is 2.30. The molecule has 0 radical (unpaired) electrons. The predicted molar refractivity (Wildman–Crippen MR) is 107 cm³/mol. The van der Waals surface area contributed by atoms with Crippen LogP contribution in [0.5, 0.6) is 5.75 Å². The largest absolute Gasteiger partial charge is 0.483 e. The number of non-ortho nitro benzene ring substituents is 1. The van der Waals surface area contributed by atoms with E-state index in [0.29, 0.717) is 25.1 Å². The third-order valence-corrected chi connectivity index (χ3v) is 6.45. The molecule has 0 saturated heterocycles. The van der Waals surface area contributed by atoms with Gasteiger partial charge in [-0.05, 0) is 42.7 Å². The molecule has 3 rings (SSSR count). The lowest BCUT2D eigenvalue weighted by Crippen LogP contribution is -2.38. The number of rotatable bonds is 6. The van der Waals surface area contributed by atoms with Crippen LogP contribution in [-0.4, -0.2) is 50.8 Å². The highest BCUT2D eigenvalue weighted by atomic mass is 32.2. The normalized spacial score (nSPS) is 13.8. The van der Waals surface area contributed by atoms with Gasteiger partial charge in [-0.1, -0.05) is 6.07 Å². The number of sulfonamides is 1. The Morgan fingerprint density at radius 2 is 2.00 bits per heavy atom. The first-order valence-electron chi connectivity index (χ1n) is 8.93. The molecule has 0 spiro atoms. The summed E-state index contributed by atoms with van der Waals surface area (Å²) in [6.45, 7) is 0.211. The lowest BCUT2D eigenvalue weighted by molar-refractivity contribution is -0.384. The van der Waals surface area contributed by atoms with Crippen molar-refractivity contribution in [2.75, 3.05) is 32.1 Å². The smallest absolute Gasteiger partial charge is 0.273 e. The summed E-state index contributed by atoms with van der Waals surface area (Å²) in [6.07, 6.45) is 1.36. The van der Waals surface area contributed by atoms with Crippen molar-refractivity contribution < 1.29 is 22.9 Å². The Balaban J connectivity index is 1.77. The van der Waals surface area contributed by atoms with E-state index in [4.69, 9.17) is 4.74 Å². The number of hydrogen-bond acceptors (Lipinski definition) is 6. The Labute approximate surface area is 168 Å². The SMILES string of the molecule is CN(C)S(=O)(=O)c1ccc2c(c1)CCCN2C(=O)COc1cccc([N+](=O)[O-])c1. The number of carbonyl (C=O) groups excluding carboxylic acids is 1. The van der Waals surface area contributed by atoms with Crippen LogP contribution in [0.1, 0.15) is 12.0 Å². The van der Waals surface area contributed by atoms with Gasteiger partial charge < -0.3 is 9.64 Å². The van der Waals surface area contributed by atoms with Crippen LogP contribution in [0.25, 0.3) is 0 Å². The first-order chi connectivity index (χ1) is 13.7. The van der Waals surface area contributed by atoms with Gasteiger partial charge in [0.2, 0.25) is 10.0 Å². The van der Waals surface area contributed by atoms with Crippen LogP contribution in [0.2, 0.25) is 0 Å². The number of fused-ring (bicyclic) bond motifs is 1.